The van der Waals surface area contributed by atoms with E-state index in [4.69, 9.17) is 0 Å². The maximum absolute atomic E-state index is 13.0. The lowest BCUT2D eigenvalue weighted by Gasteiger charge is -2.39. The second-order valence-electron chi connectivity index (χ2n) is 7.37. The van der Waals surface area contributed by atoms with E-state index in [1.165, 1.54) is 12.1 Å². The molecule has 5 nitrogen and oxygen atoms in total. The Hall–Kier alpha value is -2.26. The number of amides is 1. The molecule has 0 saturated carbocycles. The smallest absolute Gasteiger partial charge is 0.385 e. The Labute approximate surface area is 170 Å². The fraction of sp³-hybridized carbons (Fsp3) is 0.400. The zero-order valence-electron chi connectivity index (χ0n) is 15.4. The van der Waals surface area contributed by atoms with E-state index in [2.05, 4.69) is 10.2 Å². The third-order valence-electron chi connectivity index (χ3n) is 5.50. The summed E-state index contributed by atoms with van der Waals surface area (Å²) in [5.41, 5.74) is -0.942. The number of rotatable bonds is 3. The molecule has 0 bridgehead atoms. The highest BCUT2D eigenvalue weighted by Crippen LogP contribution is 2.39. The largest absolute Gasteiger partial charge is 0.416 e. The summed E-state index contributed by atoms with van der Waals surface area (Å²) in [5, 5.41) is 17.6. The number of carbonyl (C=O) groups excluding carboxylic acids is 1. The van der Waals surface area contributed by atoms with Crippen molar-refractivity contribution in [2.75, 3.05) is 18.8 Å². The monoisotopic (exact) mass is 423 g/mol. The lowest BCUT2D eigenvalue weighted by molar-refractivity contribution is -0.138. The highest BCUT2D eigenvalue weighted by Gasteiger charge is 2.39. The molecule has 29 heavy (non-hydrogen) atoms. The topological polar surface area (TPSA) is 69.2 Å². The van der Waals surface area contributed by atoms with Crippen LogP contribution in [0, 0.1) is 5.92 Å². The van der Waals surface area contributed by atoms with Crippen LogP contribution in [0.2, 0.25) is 0 Å². The molecule has 1 aromatic heterocycles. The van der Waals surface area contributed by atoms with E-state index in [1.807, 2.05) is 6.08 Å². The summed E-state index contributed by atoms with van der Waals surface area (Å²) in [6.45, 7) is 0.614. The molecule has 1 amide bonds. The minimum Gasteiger partial charge on any atom is -0.385 e. The minimum absolute atomic E-state index is 0.0120. The average Bonchev–Trinajstić information content (AvgIpc) is 3.39. The van der Waals surface area contributed by atoms with Gasteiger partial charge in [0.15, 0.2) is 0 Å². The molecule has 4 rings (SSSR count). The Morgan fingerprint density at radius 1 is 1.31 bits per heavy atom. The fourth-order valence-electron chi connectivity index (χ4n) is 3.77. The van der Waals surface area contributed by atoms with E-state index in [9.17, 15) is 23.1 Å². The van der Waals surface area contributed by atoms with Crippen LogP contribution in [0.5, 0.6) is 0 Å². The lowest BCUT2D eigenvalue weighted by Crippen LogP contribution is -2.47. The number of nitrogens with one attached hydrogen (secondary N) is 1. The maximum Gasteiger partial charge on any atom is 0.416 e. The molecule has 1 aromatic carbocycles. The minimum atomic E-state index is -4.46. The zero-order valence-corrected chi connectivity index (χ0v) is 16.3. The molecule has 9 heteroatoms. The molecular formula is C20H20F3N3O2S. The number of aromatic amines is 1. The molecule has 1 fully saturated rings. The Morgan fingerprint density at radius 2 is 2.07 bits per heavy atom. The molecule has 2 aromatic rings. The molecule has 0 spiro atoms. The molecule has 154 valence electrons. The lowest BCUT2D eigenvalue weighted by atomic mass is 9.83. The molecule has 2 N–H and O–H groups in total. The number of benzene rings is 1. The van der Waals surface area contributed by atoms with Gasteiger partial charge in [0.25, 0.3) is 0 Å². The molecule has 2 aliphatic rings. The third kappa shape index (κ3) is 4.06. The second kappa shape index (κ2) is 7.53. The van der Waals surface area contributed by atoms with Crippen LogP contribution in [0.25, 0.3) is 4.91 Å². The van der Waals surface area contributed by atoms with Crippen LogP contribution >= 0.6 is 11.8 Å². The van der Waals surface area contributed by atoms with Crippen LogP contribution in [-0.2, 0) is 16.6 Å². The predicted octanol–water partition coefficient (Wildman–Crippen LogP) is 3.64. The molecule has 1 atom stereocenters. The number of carbonyl (C=O) groups is 1. The van der Waals surface area contributed by atoms with Crippen LogP contribution in [0.4, 0.5) is 13.2 Å². The van der Waals surface area contributed by atoms with E-state index < -0.39 is 17.3 Å². The van der Waals surface area contributed by atoms with Crippen LogP contribution < -0.4 is 0 Å². The van der Waals surface area contributed by atoms with Crippen molar-refractivity contribution in [2.24, 2.45) is 5.92 Å². The summed E-state index contributed by atoms with van der Waals surface area (Å²) < 4.78 is 39.0. The van der Waals surface area contributed by atoms with Crippen LogP contribution in [0.15, 0.2) is 42.7 Å². The van der Waals surface area contributed by atoms with Gasteiger partial charge in [0, 0.05) is 35.5 Å². The van der Waals surface area contributed by atoms with Crippen molar-refractivity contribution in [3.8, 4) is 0 Å². The molecule has 0 radical (unpaired) electrons. The first-order valence-corrected chi connectivity index (χ1v) is 10.3. The molecular weight excluding hydrogens is 403 g/mol. The number of hydrogen-bond donors (Lipinski definition) is 2. The van der Waals surface area contributed by atoms with Gasteiger partial charge in [-0.05, 0) is 30.5 Å². The SMILES string of the molecule is O=C(C1C=C(c2cn[nH]c2)SC1)N1CCC(O)(c2cccc(C(F)(F)F)c2)CC1. The Bertz CT molecular complexity index is 919. The summed E-state index contributed by atoms with van der Waals surface area (Å²) in [4.78, 5) is 15.6. The fourth-order valence-corrected chi connectivity index (χ4v) is 4.91. The van der Waals surface area contributed by atoms with Gasteiger partial charge in [-0.1, -0.05) is 18.2 Å². The van der Waals surface area contributed by atoms with E-state index >= 15 is 0 Å². The number of thioether (sulfide) groups is 1. The maximum atomic E-state index is 13.0. The molecule has 3 heterocycles. The number of aromatic nitrogens is 2. The van der Waals surface area contributed by atoms with E-state index in [0.717, 1.165) is 22.6 Å². The van der Waals surface area contributed by atoms with Crippen LogP contribution in [0.1, 0.15) is 29.5 Å². The Morgan fingerprint density at radius 3 is 2.72 bits per heavy atom. The average molecular weight is 423 g/mol. The van der Waals surface area contributed by atoms with Gasteiger partial charge in [-0.3, -0.25) is 9.89 Å². The first kappa shape index (κ1) is 20.0. The number of nitrogens with zero attached hydrogens (tertiary/aromatic N) is 2. The van der Waals surface area contributed by atoms with Gasteiger partial charge in [0.05, 0.1) is 23.3 Å². The third-order valence-corrected chi connectivity index (χ3v) is 6.71. The Balaban J connectivity index is 1.42. The summed E-state index contributed by atoms with van der Waals surface area (Å²) in [5.74, 6) is 0.389. The molecule has 1 unspecified atom stereocenters. The van der Waals surface area contributed by atoms with Crippen molar-refractivity contribution in [2.45, 2.75) is 24.6 Å². The van der Waals surface area contributed by atoms with Gasteiger partial charge in [-0.15, -0.1) is 11.8 Å². The summed E-state index contributed by atoms with van der Waals surface area (Å²) in [7, 11) is 0. The standard InChI is InChI=1S/C20H20F3N3O2S/c21-20(22,23)16-3-1-2-15(9-16)19(28)4-6-26(7-5-19)18(27)13-8-17(29-12-13)14-10-24-25-11-14/h1-3,8-11,13,28H,4-7,12H2,(H,24,25). The van der Waals surface area contributed by atoms with E-state index in [1.54, 1.807) is 29.1 Å². The summed E-state index contributed by atoms with van der Waals surface area (Å²) in [6.07, 6.45) is 1.38. The van der Waals surface area contributed by atoms with Crippen molar-refractivity contribution >= 4 is 22.6 Å². The highest BCUT2D eigenvalue weighted by molar-refractivity contribution is 8.08. The van der Waals surface area contributed by atoms with Crippen molar-refractivity contribution in [3.63, 3.8) is 0 Å². The van der Waals surface area contributed by atoms with Gasteiger partial charge in [0.1, 0.15) is 0 Å². The second-order valence-corrected chi connectivity index (χ2v) is 8.43. The number of likely N-dealkylation sites (tertiary alicyclic amines) is 1. The summed E-state index contributed by atoms with van der Waals surface area (Å²) >= 11 is 1.60. The van der Waals surface area contributed by atoms with Gasteiger partial charge >= 0.3 is 6.18 Å². The number of H-pyrrole nitrogens is 1. The van der Waals surface area contributed by atoms with Gasteiger partial charge in [0.2, 0.25) is 5.91 Å². The highest BCUT2D eigenvalue weighted by atomic mass is 32.2. The number of piperidine rings is 1. The van der Waals surface area contributed by atoms with E-state index in [0.29, 0.717) is 18.8 Å². The van der Waals surface area contributed by atoms with Gasteiger partial charge in [-0.25, -0.2) is 0 Å². The number of aliphatic hydroxyl groups is 1. The van der Waals surface area contributed by atoms with Crippen LogP contribution in [-0.4, -0.2) is 45.0 Å². The first-order chi connectivity index (χ1) is 13.8. The summed E-state index contributed by atoms with van der Waals surface area (Å²) in [6, 6.07) is 4.82. The number of hydrogen-bond acceptors (Lipinski definition) is 4. The van der Waals surface area contributed by atoms with Gasteiger partial charge < -0.3 is 10.0 Å². The van der Waals surface area contributed by atoms with Crippen molar-refractivity contribution in [3.05, 3.63) is 59.4 Å². The molecule has 0 aliphatic carbocycles. The first-order valence-electron chi connectivity index (χ1n) is 9.29. The van der Waals surface area contributed by atoms with Crippen molar-refractivity contribution in [1.29, 1.82) is 0 Å². The number of halogens is 3. The van der Waals surface area contributed by atoms with Gasteiger partial charge in [-0.2, -0.15) is 18.3 Å². The van der Waals surface area contributed by atoms with Crippen molar-refractivity contribution in [1.82, 2.24) is 15.1 Å². The molecule has 2 aliphatic heterocycles. The normalized spacial score (nSPS) is 21.9. The predicted molar refractivity (Wildman–Crippen MR) is 104 cm³/mol. The number of alkyl halides is 3. The molecule has 1 saturated heterocycles. The van der Waals surface area contributed by atoms with E-state index in [-0.39, 0.29) is 30.2 Å². The Kier molecular flexibility index (Phi) is 5.20. The zero-order chi connectivity index (χ0) is 20.6. The van der Waals surface area contributed by atoms with Crippen molar-refractivity contribution < 1.29 is 23.1 Å². The quantitative estimate of drug-likeness (QED) is 0.791. The van der Waals surface area contributed by atoms with Crippen LogP contribution in [0.3, 0.4) is 0 Å².